The van der Waals surface area contributed by atoms with Gasteiger partial charge in [-0.3, -0.25) is 9.52 Å². The molecule has 23 heavy (non-hydrogen) atoms. The Morgan fingerprint density at radius 1 is 1.22 bits per heavy atom. The summed E-state index contributed by atoms with van der Waals surface area (Å²) in [6.07, 6.45) is 3.20. The Kier molecular flexibility index (Phi) is 4.57. The lowest BCUT2D eigenvalue weighted by Gasteiger charge is -2.07. The first-order chi connectivity index (χ1) is 10.5. The molecule has 126 valence electrons. The molecule has 2 rings (SSSR count). The Hall–Kier alpha value is -1.82. The van der Waals surface area contributed by atoms with Gasteiger partial charge >= 0.3 is 5.97 Å². The quantitative estimate of drug-likeness (QED) is 0.509. The van der Waals surface area contributed by atoms with Crippen LogP contribution in [0.15, 0.2) is 35.9 Å². The number of allylic oxidation sites excluding steroid dienone is 2. The fourth-order valence-corrected chi connectivity index (χ4v) is 3.35. The number of anilines is 1. The third kappa shape index (κ3) is 4.34. The van der Waals surface area contributed by atoms with Crippen molar-refractivity contribution in [1.29, 1.82) is 0 Å². The van der Waals surface area contributed by atoms with Crippen LogP contribution in [-0.4, -0.2) is 20.6 Å². The van der Waals surface area contributed by atoms with Crippen molar-refractivity contribution < 1.29 is 17.9 Å². The Balaban J connectivity index is 2.03. The minimum Gasteiger partial charge on any atom is -0.426 e. The van der Waals surface area contributed by atoms with E-state index in [1.54, 1.807) is 24.3 Å². The van der Waals surface area contributed by atoms with Gasteiger partial charge in [-0.1, -0.05) is 25.5 Å². The average molecular weight is 337 g/mol. The molecule has 6 heteroatoms. The van der Waals surface area contributed by atoms with E-state index in [4.69, 9.17) is 4.74 Å². The Morgan fingerprint density at radius 3 is 2.26 bits per heavy atom. The molecule has 2 atom stereocenters. The zero-order valence-electron chi connectivity index (χ0n) is 14.1. The molecular formula is C17H23NO4S. The van der Waals surface area contributed by atoms with E-state index in [1.165, 1.54) is 5.57 Å². The molecule has 1 N–H and O–H groups in total. The SMILES string of the molecule is CC(C)=C[C@H]1[C@H](C(=O)Oc2ccc(NS(C)(=O)=O)cc2)C1(C)C. The highest BCUT2D eigenvalue weighted by molar-refractivity contribution is 7.92. The lowest BCUT2D eigenvalue weighted by molar-refractivity contribution is -0.136. The van der Waals surface area contributed by atoms with Crippen molar-refractivity contribution in [3.63, 3.8) is 0 Å². The van der Waals surface area contributed by atoms with Crippen LogP contribution in [0.3, 0.4) is 0 Å². The van der Waals surface area contributed by atoms with Crippen LogP contribution in [0.25, 0.3) is 0 Å². The molecule has 1 aromatic rings. The van der Waals surface area contributed by atoms with Crippen LogP contribution in [0.5, 0.6) is 5.75 Å². The van der Waals surface area contributed by atoms with Gasteiger partial charge in [0.25, 0.3) is 0 Å². The molecule has 0 saturated heterocycles. The third-order valence-electron chi connectivity index (χ3n) is 4.05. The van der Waals surface area contributed by atoms with Crippen LogP contribution in [0.1, 0.15) is 27.7 Å². The maximum atomic E-state index is 12.3. The maximum absolute atomic E-state index is 12.3. The number of esters is 1. The van der Waals surface area contributed by atoms with Crippen LogP contribution in [0.2, 0.25) is 0 Å². The second-order valence-corrected chi connectivity index (χ2v) is 8.64. The number of carbonyl (C=O) groups is 1. The lowest BCUT2D eigenvalue weighted by atomic mass is 10.1. The van der Waals surface area contributed by atoms with E-state index < -0.39 is 10.0 Å². The van der Waals surface area contributed by atoms with E-state index in [9.17, 15) is 13.2 Å². The van der Waals surface area contributed by atoms with Crippen LogP contribution in [0, 0.1) is 17.3 Å². The minimum absolute atomic E-state index is 0.0911. The van der Waals surface area contributed by atoms with Gasteiger partial charge in [-0.15, -0.1) is 0 Å². The lowest BCUT2D eigenvalue weighted by Crippen LogP contribution is -2.14. The summed E-state index contributed by atoms with van der Waals surface area (Å²) >= 11 is 0. The number of rotatable bonds is 5. The number of hydrogen-bond donors (Lipinski definition) is 1. The molecule has 0 aliphatic heterocycles. The van der Waals surface area contributed by atoms with Gasteiger partial charge < -0.3 is 4.74 Å². The van der Waals surface area contributed by atoms with E-state index in [0.29, 0.717) is 11.4 Å². The van der Waals surface area contributed by atoms with E-state index in [1.807, 2.05) is 13.8 Å². The Labute approximate surface area is 137 Å². The van der Waals surface area contributed by atoms with Gasteiger partial charge in [-0.25, -0.2) is 8.42 Å². The molecule has 0 radical (unpaired) electrons. The van der Waals surface area contributed by atoms with E-state index in [-0.39, 0.29) is 23.2 Å². The highest BCUT2D eigenvalue weighted by Crippen LogP contribution is 2.59. The normalized spacial score (nSPS) is 22.1. The number of ether oxygens (including phenoxy) is 1. The second-order valence-electron chi connectivity index (χ2n) is 6.89. The van der Waals surface area contributed by atoms with Crippen LogP contribution < -0.4 is 9.46 Å². The van der Waals surface area contributed by atoms with Crippen LogP contribution >= 0.6 is 0 Å². The number of hydrogen-bond acceptors (Lipinski definition) is 4. The van der Waals surface area contributed by atoms with Gasteiger partial charge in [0.05, 0.1) is 12.2 Å². The minimum atomic E-state index is -3.31. The molecule has 5 nitrogen and oxygen atoms in total. The zero-order valence-corrected chi connectivity index (χ0v) is 14.9. The smallest absolute Gasteiger partial charge is 0.315 e. The van der Waals surface area contributed by atoms with Crippen molar-refractivity contribution in [1.82, 2.24) is 0 Å². The summed E-state index contributed by atoms with van der Waals surface area (Å²) in [5.74, 6) is 0.214. The summed E-state index contributed by atoms with van der Waals surface area (Å²) in [6, 6.07) is 6.29. The average Bonchev–Trinajstić information content (AvgIpc) is 2.90. The number of carbonyl (C=O) groups excluding carboxylic acids is 1. The molecule has 1 aromatic carbocycles. The Bertz CT molecular complexity index is 728. The largest absolute Gasteiger partial charge is 0.426 e. The number of sulfonamides is 1. The van der Waals surface area contributed by atoms with Crippen molar-refractivity contribution in [2.45, 2.75) is 27.7 Å². The molecule has 1 fully saturated rings. The van der Waals surface area contributed by atoms with Crippen molar-refractivity contribution in [3.8, 4) is 5.75 Å². The van der Waals surface area contributed by atoms with E-state index >= 15 is 0 Å². The molecule has 0 aromatic heterocycles. The van der Waals surface area contributed by atoms with Crippen molar-refractivity contribution in [2.75, 3.05) is 11.0 Å². The van der Waals surface area contributed by atoms with Gasteiger partial charge in [0.15, 0.2) is 0 Å². The molecule has 0 unspecified atom stereocenters. The van der Waals surface area contributed by atoms with E-state index in [0.717, 1.165) is 6.26 Å². The van der Waals surface area contributed by atoms with Crippen molar-refractivity contribution >= 4 is 21.7 Å². The number of nitrogens with one attached hydrogen (secondary N) is 1. The van der Waals surface area contributed by atoms with E-state index in [2.05, 4.69) is 24.6 Å². The standard InChI is InChI=1S/C17H23NO4S/c1-11(2)10-14-15(17(14,3)4)16(19)22-13-8-6-12(7-9-13)18-23(5,20)21/h6-10,14-15,18H,1-5H3/t14-,15+/m0/s1. The molecule has 1 aliphatic rings. The first-order valence-corrected chi connectivity index (χ1v) is 9.34. The second kappa shape index (κ2) is 6.00. The summed E-state index contributed by atoms with van der Waals surface area (Å²) < 4.78 is 30.1. The Morgan fingerprint density at radius 2 is 1.78 bits per heavy atom. The predicted octanol–water partition coefficient (Wildman–Crippen LogP) is 3.20. The first-order valence-electron chi connectivity index (χ1n) is 7.45. The van der Waals surface area contributed by atoms with Crippen molar-refractivity contribution in [2.24, 2.45) is 17.3 Å². The molecule has 0 amide bonds. The molecule has 1 aliphatic carbocycles. The molecule has 0 spiro atoms. The van der Waals surface area contributed by atoms with Crippen molar-refractivity contribution in [3.05, 3.63) is 35.9 Å². The molecular weight excluding hydrogens is 314 g/mol. The first kappa shape index (κ1) is 17.5. The fraction of sp³-hybridized carbons (Fsp3) is 0.471. The highest BCUT2D eigenvalue weighted by atomic mass is 32.2. The summed E-state index contributed by atoms with van der Waals surface area (Å²) in [5.41, 5.74) is 1.53. The predicted molar refractivity (Wildman–Crippen MR) is 90.7 cm³/mol. The van der Waals surface area contributed by atoms with Gasteiger partial charge in [-0.2, -0.15) is 0 Å². The number of benzene rings is 1. The monoisotopic (exact) mass is 337 g/mol. The van der Waals surface area contributed by atoms with Gasteiger partial charge in [-0.05, 0) is 49.4 Å². The molecule has 0 heterocycles. The highest BCUT2D eigenvalue weighted by Gasteiger charge is 2.61. The zero-order chi connectivity index (χ0) is 17.4. The summed E-state index contributed by atoms with van der Waals surface area (Å²) in [4.78, 5) is 12.3. The summed E-state index contributed by atoms with van der Waals surface area (Å²) in [5, 5.41) is 0. The molecule has 0 bridgehead atoms. The molecule has 1 saturated carbocycles. The van der Waals surface area contributed by atoms with Crippen LogP contribution in [0.4, 0.5) is 5.69 Å². The van der Waals surface area contributed by atoms with Gasteiger partial charge in [0, 0.05) is 5.69 Å². The summed E-state index contributed by atoms with van der Waals surface area (Å²) in [7, 11) is -3.31. The third-order valence-corrected chi connectivity index (χ3v) is 4.66. The van der Waals surface area contributed by atoms with Gasteiger partial charge in [0.1, 0.15) is 5.75 Å². The van der Waals surface area contributed by atoms with Gasteiger partial charge in [0.2, 0.25) is 10.0 Å². The fourth-order valence-electron chi connectivity index (χ4n) is 2.78. The summed E-state index contributed by atoms with van der Waals surface area (Å²) in [6.45, 7) is 8.15. The van der Waals surface area contributed by atoms with Crippen LogP contribution in [-0.2, 0) is 14.8 Å². The maximum Gasteiger partial charge on any atom is 0.315 e. The topological polar surface area (TPSA) is 72.5 Å².